The summed E-state index contributed by atoms with van der Waals surface area (Å²) in [5.41, 5.74) is 2.15. The Bertz CT molecular complexity index is 963. The Kier molecular flexibility index (Phi) is 5.77. The van der Waals surface area contributed by atoms with Gasteiger partial charge in [0.15, 0.2) is 6.61 Å². The summed E-state index contributed by atoms with van der Waals surface area (Å²) in [6, 6.07) is 9.23. The lowest BCUT2D eigenvalue weighted by Crippen LogP contribution is -2.21. The second-order valence-corrected chi connectivity index (χ2v) is 6.39. The van der Waals surface area contributed by atoms with E-state index in [0.29, 0.717) is 17.2 Å². The molecule has 0 bridgehead atoms. The van der Waals surface area contributed by atoms with Crippen molar-refractivity contribution in [2.75, 3.05) is 11.9 Å². The molecule has 138 valence electrons. The first-order valence-corrected chi connectivity index (χ1v) is 8.95. The molecule has 2 aromatic heterocycles. The van der Waals surface area contributed by atoms with Crippen molar-refractivity contribution in [1.82, 2.24) is 9.78 Å². The highest BCUT2D eigenvalue weighted by molar-refractivity contribution is 7.08. The maximum Gasteiger partial charge on any atom is 0.331 e. The van der Waals surface area contributed by atoms with Gasteiger partial charge in [-0.15, -0.1) is 0 Å². The highest BCUT2D eigenvalue weighted by atomic mass is 32.1. The van der Waals surface area contributed by atoms with Crippen LogP contribution < -0.4 is 5.32 Å². The molecule has 1 aromatic carbocycles. The zero-order valence-electron chi connectivity index (χ0n) is 14.4. The maximum atomic E-state index is 13.1. The van der Waals surface area contributed by atoms with Crippen molar-refractivity contribution in [2.24, 2.45) is 0 Å². The molecule has 2 heterocycles. The molecular weight excluding hydrogens is 369 g/mol. The summed E-state index contributed by atoms with van der Waals surface area (Å²) in [5.74, 6) is -1.08. The fourth-order valence-corrected chi connectivity index (χ4v) is 2.89. The summed E-state index contributed by atoms with van der Waals surface area (Å²) in [7, 11) is 0. The standard InChI is InChI=1S/C19H16FN3O3S/c1-13-10-17(23(22-13)16-5-3-15(20)4-6-16)21-18(24)11-26-19(25)7-2-14-8-9-27-12-14/h2-10,12H,11H2,1H3,(H,21,24)/b7-2+. The summed E-state index contributed by atoms with van der Waals surface area (Å²) in [6.45, 7) is 1.34. The van der Waals surface area contributed by atoms with E-state index < -0.39 is 18.5 Å². The number of amides is 1. The third-order valence-corrected chi connectivity index (χ3v) is 4.17. The first-order valence-electron chi connectivity index (χ1n) is 8.01. The summed E-state index contributed by atoms with van der Waals surface area (Å²) >= 11 is 1.52. The molecule has 0 aliphatic carbocycles. The average molecular weight is 385 g/mol. The fourth-order valence-electron chi connectivity index (χ4n) is 2.27. The molecule has 6 nitrogen and oxygen atoms in total. The fraction of sp³-hybridized carbons (Fsp3) is 0.105. The predicted octanol–water partition coefficient (Wildman–Crippen LogP) is 3.58. The van der Waals surface area contributed by atoms with Crippen molar-refractivity contribution in [1.29, 1.82) is 0 Å². The van der Waals surface area contributed by atoms with Gasteiger partial charge in [-0.25, -0.2) is 13.9 Å². The molecule has 0 saturated carbocycles. The van der Waals surface area contributed by atoms with E-state index in [1.807, 2.05) is 16.8 Å². The topological polar surface area (TPSA) is 73.2 Å². The van der Waals surface area contributed by atoms with Gasteiger partial charge in [-0.1, -0.05) is 0 Å². The van der Waals surface area contributed by atoms with Crippen LogP contribution in [0, 0.1) is 12.7 Å². The third-order valence-electron chi connectivity index (χ3n) is 3.47. The first kappa shape index (κ1) is 18.5. The van der Waals surface area contributed by atoms with Crippen molar-refractivity contribution in [3.05, 3.63) is 70.3 Å². The van der Waals surface area contributed by atoms with E-state index in [1.165, 1.54) is 34.2 Å². The number of esters is 1. The number of benzene rings is 1. The maximum absolute atomic E-state index is 13.1. The quantitative estimate of drug-likeness (QED) is 0.520. The Morgan fingerprint density at radius 2 is 2.07 bits per heavy atom. The van der Waals surface area contributed by atoms with Gasteiger partial charge in [0.2, 0.25) is 0 Å². The second kappa shape index (κ2) is 8.41. The molecule has 1 amide bonds. The van der Waals surface area contributed by atoms with Gasteiger partial charge in [-0.05, 0) is 59.7 Å². The number of rotatable bonds is 6. The molecule has 0 atom stereocenters. The summed E-state index contributed by atoms with van der Waals surface area (Å²) < 4.78 is 19.5. The predicted molar refractivity (Wildman–Crippen MR) is 101 cm³/mol. The van der Waals surface area contributed by atoms with Gasteiger partial charge in [0, 0.05) is 12.1 Å². The van der Waals surface area contributed by atoms with Crippen LogP contribution in [0.4, 0.5) is 10.2 Å². The van der Waals surface area contributed by atoms with Gasteiger partial charge in [0.25, 0.3) is 5.91 Å². The molecule has 0 unspecified atom stereocenters. The van der Waals surface area contributed by atoms with Crippen LogP contribution in [0.25, 0.3) is 11.8 Å². The number of anilines is 1. The monoisotopic (exact) mass is 385 g/mol. The zero-order chi connectivity index (χ0) is 19.2. The van der Waals surface area contributed by atoms with Crippen molar-refractivity contribution in [2.45, 2.75) is 6.92 Å². The largest absolute Gasteiger partial charge is 0.452 e. The van der Waals surface area contributed by atoms with Gasteiger partial charge >= 0.3 is 5.97 Å². The molecule has 0 fully saturated rings. The highest BCUT2D eigenvalue weighted by Crippen LogP contribution is 2.17. The number of hydrogen-bond donors (Lipinski definition) is 1. The van der Waals surface area contributed by atoms with Crippen molar-refractivity contribution >= 4 is 35.1 Å². The van der Waals surface area contributed by atoms with Crippen LogP contribution >= 0.6 is 11.3 Å². The van der Waals surface area contributed by atoms with Crippen LogP contribution in [0.15, 0.2) is 53.2 Å². The number of halogens is 1. The average Bonchev–Trinajstić information content (AvgIpc) is 3.28. The molecule has 3 rings (SSSR count). The number of carbonyl (C=O) groups excluding carboxylic acids is 2. The van der Waals surface area contributed by atoms with E-state index in [0.717, 1.165) is 5.56 Å². The van der Waals surface area contributed by atoms with Crippen molar-refractivity contribution in [3.8, 4) is 5.69 Å². The van der Waals surface area contributed by atoms with Crippen molar-refractivity contribution < 1.29 is 18.7 Å². The van der Waals surface area contributed by atoms with Crippen LogP contribution in [0.2, 0.25) is 0 Å². The van der Waals surface area contributed by atoms with E-state index in [9.17, 15) is 14.0 Å². The Morgan fingerprint density at radius 3 is 2.78 bits per heavy atom. The lowest BCUT2D eigenvalue weighted by Gasteiger charge is -2.09. The van der Waals surface area contributed by atoms with Gasteiger partial charge in [0.05, 0.1) is 11.4 Å². The van der Waals surface area contributed by atoms with E-state index in [1.54, 1.807) is 31.2 Å². The first-order chi connectivity index (χ1) is 13.0. The Labute approximate surface area is 158 Å². The molecular formula is C19H16FN3O3S. The molecule has 27 heavy (non-hydrogen) atoms. The van der Waals surface area contributed by atoms with Crippen LogP contribution in [0.5, 0.6) is 0 Å². The molecule has 0 saturated heterocycles. The van der Waals surface area contributed by atoms with E-state index >= 15 is 0 Å². The Morgan fingerprint density at radius 1 is 1.30 bits per heavy atom. The second-order valence-electron chi connectivity index (χ2n) is 5.61. The molecule has 0 spiro atoms. The number of nitrogens with zero attached hydrogens (tertiary/aromatic N) is 2. The van der Waals surface area contributed by atoms with E-state index in [-0.39, 0.29) is 5.82 Å². The van der Waals surface area contributed by atoms with E-state index in [4.69, 9.17) is 4.74 Å². The van der Waals surface area contributed by atoms with Crippen LogP contribution in [0.1, 0.15) is 11.3 Å². The zero-order valence-corrected chi connectivity index (χ0v) is 15.2. The van der Waals surface area contributed by atoms with Gasteiger partial charge in [0.1, 0.15) is 11.6 Å². The Hall–Kier alpha value is -3.26. The minimum Gasteiger partial charge on any atom is -0.452 e. The highest BCUT2D eigenvalue weighted by Gasteiger charge is 2.12. The summed E-state index contributed by atoms with van der Waals surface area (Å²) in [6.07, 6.45) is 2.88. The Balaban J connectivity index is 1.59. The number of ether oxygens (including phenoxy) is 1. The molecule has 3 aromatic rings. The van der Waals surface area contributed by atoms with Gasteiger partial charge in [-0.3, -0.25) is 4.79 Å². The SMILES string of the molecule is Cc1cc(NC(=O)COC(=O)/C=C/c2ccsc2)n(-c2ccc(F)cc2)n1. The summed E-state index contributed by atoms with van der Waals surface area (Å²) in [4.78, 5) is 23.8. The lowest BCUT2D eigenvalue weighted by atomic mass is 10.3. The lowest BCUT2D eigenvalue weighted by molar-refractivity contribution is -0.142. The van der Waals surface area contributed by atoms with Crippen LogP contribution in [0.3, 0.4) is 0 Å². The smallest absolute Gasteiger partial charge is 0.331 e. The minimum absolute atomic E-state index is 0.365. The van der Waals surface area contributed by atoms with Crippen molar-refractivity contribution in [3.63, 3.8) is 0 Å². The number of aryl methyl sites for hydroxylation is 1. The number of aromatic nitrogens is 2. The van der Waals surface area contributed by atoms with Crippen LogP contribution in [-0.4, -0.2) is 28.3 Å². The number of hydrogen-bond acceptors (Lipinski definition) is 5. The van der Waals surface area contributed by atoms with Gasteiger partial charge in [-0.2, -0.15) is 16.4 Å². The minimum atomic E-state index is -0.612. The molecule has 1 N–H and O–H groups in total. The molecule has 0 aliphatic heterocycles. The number of nitrogens with one attached hydrogen (secondary N) is 1. The van der Waals surface area contributed by atoms with E-state index in [2.05, 4.69) is 10.4 Å². The number of carbonyl (C=O) groups is 2. The number of thiophene rings is 1. The molecule has 0 radical (unpaired) electrons. The van der Waals surface area contributed by atoms with Gasteiger partial charge < -0.3 is 10.1 Å². The normalized spacial score (nSPS) is 10.9. The van der Waals surface area contributed by atoms with Crippen LogP contribution in [-0.2, 0) is 14.3 Å². The molecule has 8 heteroatoms. The third kappa shape index (κ3) is 5.11. The molecule has 0 aliphatic rings. The summed E-state index contributed by atoms with van der Waals surface area (Å²) in [5, 5.41) is 10.7.